The van der Waals surface area contributed by atoms with Crippen molar-refractivity contribution in [1.82, 2.24) is 20.1 Å². The predicted octanol–water partition coefficient (Wildman–Crippen LogP) is 3.49. The molecule has 0 atom stereocenters. The van der Waals surface area contributed by atoms with Gasteiger partial charge in [0.2, 0.25) is 0 Å². The molecule has 0 saturated carbocycles. The molecular weight excluding hydrogens is 380 g/mol. The van der Waals surface area contributed by atoms with Crippen molar-refractivity contribution in [2.75, 3.05) is 33.2 Å². The fraction of sp³-hybridized carbons (Fsp3) is 0.304. The van der Waals surface area contributed by atoms with Gasteiger partial charge in [0.05, 0.1) is 6.20 Å². The fourth-order valence-electron chi connectivity index (χ4n) is 3.46. The Hall–Kier alpha value is -2.54. The largest absolute Gasteiger partial charge is 0.347 e. The van der Waals surface area contributed by atoms with Gasteiger partial charge in [-0.2, -0.15) is 0 Å². The third-order valence-corrected chi connectivity index (χ3v) is 6.24. The van der Waals surface area contributed by atoms with Crippen molar-refractivity contribution in [3.05, 3.63) is 76.8 Å². The Labute approximate surface area is 176 Å². The van der Waals surface area contributed by atoms with Crippen LogP contribution in [0.3, 0.4) is 0 Å². The van der Waals surface area contributed by atoms with Gasteiger partial charge in [0.25, 0.3) is 5.91 Å². The molecule has 0 bridgehead atoms. The van der Waals surface area contributed by atoms with Gasteiger partial charge in [-0.1, -0.05) is 54.6 Å². The Morgan fingerprint density at radius 1 is 1.03 bits per heavy atom. The summed E-state index contributed by atoms with van der Waals surface area (Å²) >= 11 is 1.42. The lowest BCUT2D eigenvalue weighted by atomic mass is 10.1. The molecule has 29 heavy (non-hydrogen) atoms. The molecule has 0 unspecified atom stereocenters. The number of carbonyl (C=O) groups excluding carboxylic acids is 1. The number of benzene rings is 2. The molecule has 1 saturated heterocycles. The summed E-state index contributed by atoms with van der Waals surface area (Å²) in [6, 6.07) is 18.4. The lowest BCUT2D eigenvalue weighted by molar-refractivity contribution is 0.0954. The summed E-state index contributed by atoms with van der Waals surface area (Å²) in [5.74, 6) is -0.0749. The molecule has 2 aromatic carbocycles. The Kier molecular flexibility index (Phi) is 6.34. The SMILES string of the molecule is CN1CCN(Cc2cccc(CNC(=O)c3cnc(-c4ccccc4)s3)c2)CC1. The van der Waals surface area contributed by atoms with Gasteiger partial charge in [-0.3, -0.25) is 9.69 Å². The van der Waals surface area contributed by atoms with E-state index in [0.717, 1.165) is 48.9 Å². The zero-order chi connectivity index (χ0) is 20.1. The number of aromatic nitrogens is 1. The smallest absolute Gasteiger partial charge is 0.263 e. The second-order valence-corrected chi connectivity index (χ2v) is 8.51. The normalized spacial score (nSPS) is 15.3. The number of nitrogens with one attached hydrogen (secondary N) is 1. The van der Waals surface area contributed by atoms with Gasteiger partial charge >= 0.3 is 0 Å². The van der Waals surface area contributed by atoms with Crippen molar-refractivity contribution in [2.45, 2.75) is 13.1 Å². The number of hydrogen-bond acceptors (Lipinski definition) is 5. The van der Waals surface area contributed by atoms with Crippen LogP contribution in [0, 0.1) is 0 Å². The summed E-state index contributed by atoms with van der Waals surface area (Å²) in [7, 11) is 2.17. The second kappa shape index (κ2) is 9.31. The first-order chi connectivity index (χ1) is 14.2. The molecule has 6 heteroatoms. The topological polar surface area (TPSA) is 48.5 Å². The Morgan fingerprint density at radius 2 is 1.79 bits per heavy atom. The molecule has 1 aromatic heterocycles. The summed E-state index contributed by atoms with van der Waals surface area (Å²) in [5, 5.41) is 3.89. The molecule has 2 heterocycles. The third-order valence-electron chi connectivity index (χ3n) is 5.20. The predicted molar refractivity (Wildman–Crippen MR) is 118 cm³/mol. The van der Waals surface area contributed by atoms with E-state index in [9.17, 15) is 4.79 Å². The molecule has 1 fully saturated rings. The lowest BCUT2D eigenvalue weighted by Crippen LogP contribution is -2.43. The highest BCUT2D eigenvalue weighted by Gasteiger charge is 2.14. The van der Waals surface area contributed by atoms with Crippen LogP contribution in [0.2, 0.25) is 0 Å². The maximum absolute atomic E-state index is 12.5. The van der Waals surface area contributed by atoms with Gasteiger partial charge < -0.3 is 10.2 Å². The van der Waals surface area contributed by atoms with E-state index in [1.807, 2.05) is 30.3 Å². The van der Waals surface area contributed by atoms with Gasteiger partial charge in [0.15, 0.2) is 0 Å². The van der Waals surface area contributed by atoms with Crippen LogP contribution >= 0.6 is 11.3 Å². The molecule has 1 amide bonds. The van der Waals surface area contributed by atoms with Crippen LogP contribution in [-0.4, -0.2) is 53.9 Å². The standard InChI is InChI=1S/C23H26N4OS/c1-26-10-12-27(13-11-26)17-19-7-5-6-18(14-19)15-24-22(28)21-16-25-23(29-21)20-8-3-2-4-9-20/h2-9,14,16H,10-13,15,17H2,1H3,(H,24,28). The van der Waals surface area contributed by atoms with E-state index in [-0.39, 0.29) is 5.91 Å². The number of carbonyl (C=O) groups is 1. The fourth-order valence-corrected chi connectivity index (χ4v) is 4.30. The maximum atomic E-state index is 12.5. The van der Waals surface area contributed by atoms with Crippen LogP contribution in [0.25, 0.3) is 10.6 Å². The molecule has 1 aliphatic heterocycles. The van der Waals surface area contributed by atoms with Crippen molar-refractivity contribution in [1.29, 1.82) is 0 Å². The highest BCUT2D eigenvalue weighted by molar-refractivity contribution is 7.16. The second-order valence-electron chi connectivity index (χ2n) is 7.48. The molecule has 1 aliphatic rings. The van der Waals surface area contributed by atoms with E-state index < -0.39 is 0 Å². The molecular formula is C23H26N4OS. The Balaban J connectivity index is 1.33. The molecule has 150 valence electrons. The summed E-state index contributed by atoms with van der Waals surface area (Å²) in [6.45, 7) is 5.93. The Bertz CT molecular complexity index is 948. The van der Waals surface area contributed by atoms with Crippen molar-refractivity contribution in [3.63, 3.8) is 0 Å². The minimum absolute atomic E-state index is 0.0749. The number of nitrogens with zero attached hydrogens (tertiary/aromatic N) is 3. The summed E-state index contributed by atoms with van der Waals surface area (Å²) in [5.41, 5.74) is 3.45. The summed E-state index contributed by atoms with van der Waals surface area (Å²) in [4.78, 5) is 22.4. The third kappa shape index (κ3) is 5.29. The van der Waals surface area contributed by atoms with Crippen LogP contribution in [0.15, 0.2) is 60.8 Å². The average Bonchev–Trinajstić information content (AvgIpc) is 3.25. The van der Waals surface area contributed by atoms with Crippen LogP contribution in [0.5, 0.6) is 0 Å². The van der Waals surface area contributed by atoms with Gasteiger partial charge in [0, 0.05) is 44.8 Å². The summed E-state index contributed by atoms with van der Waals surface area (Å²) in [6.07, 6.45) is 1.66. The van der Waals surface area contributed by atoms with E-state index in [2.05, 4.69) is 51.4 Å². The van der Waals surface area contributed by atoms with Crippen LogP contribution in [0.1, 0.15) is 20.8 Å². The summed E-state index contributed by atoms with van der Waals surface area (Å²) < 4.78 is 0. The number of piperazine rings is 1. The molecule has 4 rings (SSSR count). The van der Waals surface area contributed by atoms with E-state index in [0.29, 0.717) is 11.4 Å². The number of likely N-dealkylation sites (N-methyl/N-ethyl adjacent to an activating group) is 1. The number of rotatable bonds is 6. The van der Waals surface area contributed by atoms with Crippen molar-refractivity contribution < 1.29 is 4.79 Å². The highest BCUT2D eigenvalue weighted by atomic mass is 32.1. The maximum Gasteiger partial charge on any atom is 0.263 e. The average molecular weight is 407 g/mol. The number of hydrogen-bond donors (Lipinski definition) is 1. The van der Waals surface area contributed by atoms with E-state index in [1.165, 1.54) is 16.9 Å². The molecule has 0 aliphatic carbocycles. The van der Waals surface area contributed by atoms with Gasteiger partial charge in [-0.25, -0.2) is 4.98 Å². The highest BCUT2D eigenvalue weighted by Crippen LogP contribution is 2.24. The number of thiazole rings is 1. The lowest BCUT2D eigenvalue weighted by Gasteiger charge is -2.32. The van der Waals surface area contributed by atoms with Crippen molar-refractivity contribution in [2.24, 2.45) is 0 Å². The van der Waals surface area contributed by atoms with Gasteiger partial charge in [0.1, 0.15) is 9.88 Å². The van der Waals surface area contributed by atoms with E-state index in [1.54, 1.807) is 6.20 Å². The van der Waals surface area contributed by atoms with Crippen LogP contribution in [0.4, 0.5) is 0 Å². The van der Waals surface area contributed by atoms with Crippen LogP contribution in [-0.2, 0) is 13.1 Å². The van der Waals surface area contributed by atoms with E-state index >= 15 is 0 Å². The molecule has 5 nitrogen and oxygen atoms in total. The zero-order valence-electron chi connectivity index (χ0n) is 16.7. The first-order valence-corrected chi connectivity index (χ1v) is 10.8. The molecule has 1 N–H and O–H groups in total. The van der Waals surface area contributed by atoms with E-state index in [4.69, 9.17) is 0 Å². The zero-order valence-corrected chi connectivity index (χ0v) is 17.5. The molecule has 0 spiro atoms. The van der Waals surface area contributed by atoms with Crippen molar-refractivity contribution >= 4 is 17.2 Å². The minimum Gasteiger partial charge on any atom is -0.347 e. The van der Waals surface area contributed by atoms with Crippen molar-refractivity contribution in [3.8, 4) is 10.6 Å². The first-order valence-electron chi connectivity index (χ1n) is 9.95. The van der Waals surface area contributed by atoms with Crippen LogP contribution < -0.4 is 5.32 Å². The monoisotopic (exact) mass is 406 g/mol. The quantitative estimate of drug-likeness (QED) is 0.681. The van der Waals surface area contributed by atoms with Gasteiger partial charge in [-0.15, -0.1) is 11.3 Å². The van der Waals surface area contributed by atoms with Gasteiger partial charge in [-0.05, 0) is 18.2 Å². The molecule has 0 radical (unpaired) electrons. The number of amides is 1. The molecule has 3 aromatic rings. The Morgan fingerprint density at radius 3 is 2.59 bits per heavy atom. The first kappa shape index (κ1) is 19.8. The minimum atomic E-state index is -0.0749.